The van der Waals surface area contributed by atoms with Gasteiger partial charge in [0.2, 0.25) is 0 Å². The van der Waals surface area contributed by atoms with Crippen molar-refractivity contribution in [1.82, 2.24) is 0 Å². The van der Waals surface area contributed by atoms with E-state index in [2.05, 4.69) is 0 Å². The van der Waals surface area contributed by atoms with Crippen LogP contribution in [-0.2, 0) is 0 Å². The lowest BCUT2D eigenvalue weighted by molar-refractivity contribution is -0.384. The van der Waals surface area contributed by atoms with E-state index in [-0.39, 0.29) is 17.4 Å². The Hall–Kier alpha value is -2.18. The van der Waals surface area contributed by atoms with Crippen molar-refractivity contribution in [2.75, 3.05) is 11.9 Å². The molecule has 0 amide bonds. The molecule has 6 nitrogen and oxygen atoms in total. The lowest BCUT2D eigenvalue weighted by Crippen LogP contribution is -2.29. The number of hydrogen-bond donors (Lipinski definition) is 1. The Balaban J connectivity index is 2.48. The summed E-state index contributed by atoms with van der Waals surface area (Å²) in [4.78, 5) is 23.0. The first-order valence-corrected chi connectivity index (χ1v) is 6.36. The number of nitrogens with zero attached hydrogens (tertiary/aromatic N) is 2. The fraction of sp³-hybridized carbons (Fsp3) is 0.462. The van der Waals surface area contributed by atoms with E-state index >= 15 is 0 Å². The molecule has 0 heterocycles. The Morgan fingerprint density at radius 2 is 2.05 bits per heavy atom. The molecule has 0 saturated heterocycles. The average molecular weight is 282 g/mol. The van der Waals surface area contributed by atoms with E-state index in [1.807, 2.05) is 0 Å². The van der Waals surface area contributed by atoms with Gasteiger partial charge >= 0.3 is 5.97 Å². The third-order valence-electron chi connectivity index (χ3n) is 3.74. The molecule has 0 aromatic heterocycles. The van der Waals surface area contributed by atoms with Crippen molar-refractivity contribution in [3.05, 3.63) is 33.6 Å². The molecule has 108 valence electrons. The van der Waals surface area contributed by atoms with Crippen molar-refractivity contribution < 1.29 is 19.2 Å². The van der Waals surface area contributed by atoms with Crippen molar-refractivity contribution in [2.45, 2.75) is 31.7 Å². The van der Waals surface area contributed by atoms with Crippen LogP contribution < -0.4 is 4.90 Å². The highest BCUT2D eigenvalue weighted by atomic mass is 19.1. The van der Waals surface area contributed by atoms with Gasteiger partial charge in [-0.05, 0) is 12.8 Å². The molecule has 7 heteroatoms. The lowest BCUT2D eigenvalue weighted by atomic mass is 10.1. The zero-order valence-electron chi connectivity index (χ0n) is 11.0. The van der Waals surface area contributed by atoms with Crippen LogP contribution in [0.3, 0.4) is 0 Å². The van der Waals surface area contributed by atoms with Gasteiger partial charge in [0, 0.05) is 25.2 Å². The van der Waals surface area contributed by atoms with Crippen LogP contribution in [0.1, 0.15) is 36.0 Å². The second-order valence-corrected chi connectivity index (χ2v) is 4.93. The first-order valence-electron chi connectivity index (χ1n) is 6.36. The summed E-state index contributed by atoms with van der Waals surface area (Å²) in [5.74, 6) is -2.47. The van der Waals surface area contributed by atoms with Gasteiger partial charge in [-0.2, -0.15) is 0 Å². The van der Waals surface area contributed by atoms with E-state index in [1.165, 1.54) is 0 Å². The summed E-state index contributed by atoms with van der Waals surface area (Å²) in [5, 5.41) is 19.9. The number of carbonyl (C=O) groups is 1. The van der Waals surface area contributed by atoms with Gasteiger partial charge in [0.1, 0.15) is 17.1 Å². The normalized spacial score (nSPS) is 15.3. The minimum atomic E-state index is -1.51. The lowest BCUT2D eigenvalue weighted by Gasteiger charge is -2.26. The monoisotopic (exact) mass is 282 g/mol. The SMILES string of the molecule is CN(c1cc(F)c(C(=O)O)cc1[N+](=O)[O-])C1CCCC1. The summed E-state index contributed by atoms with van der Waals surface area (Å²) in [6, 6.07) is 1.86. The fourth-order valence-electron chi connectivity index (χ4n) is 2.63. The predicted octanol–water partition coefficient (Wildman–Crippen LogP) is 2.81. The topological polar surface area (TPSA) is 83.7 Å². The Morgan fingerprint density at radius 1 is 1.45 bits per heavy atom. The third kappa shape index (κ3) is 2.56. The van der Waals surface area contributed by atoms with Gasteiger partial charge in [-0.3, -0.25) is 10.1 Å². The molecule has 20 heavy (non-hydrogen) atoms. The van der Waals surface area contributed by atoms with Gasteiger partial charge in [-0.15, -0.1) is 0 Å². The molecule has 0 bridgehead atoms. The summed E-state index contributed by atoms with van der Waals surface area (Å²) in [5.41, 5.74) is -0.928. The summed E-state index contributed by atoms with van der Waals surface area (Å²) in [7, 11) is 1.68. The average Bonchev–Trinajstić information content (AvgIpc) is 2.90. The molecule has 1 saturated carbocycles. The Labute approximate surface area is 115 Å². The van der Waals surface area contributed by atoms with Crippen molar-refractivity contribution in [3.63, 3.8) is 0 Å². The Bertz CT molecular complexity index is 556. The Morgan fingerprint density at radius 3 is 2.55 bits per heavy atom. The largest absolute Gasteiger partial charge is 0.478 e. The van der Waals surface area contributed by atoms with Gasteiger partial charge in [-0.25, -0.2) is 9.18 Å². The smallest absolute Gasteiger partial charge is 0.338 e. The molecule has 2 rings (SSSR count). The molecule has 0 radical (unpaired) electrons. The molecule has 0 spiro atoms. The van der Waals surface area contributed by atoms with E-state index < -0.39 is 22.3 Å². The van der Waals surface area contributed by atoms with Gasteiger partial charge < -0.3 is 10.0 Å². The van der Waals surface area contributed by atoms with Gasteiger partial charge in [0.25, 0.3) is 5.69 Å². The number of nitro groups is 1. The molecule has 1 N–H and O–H groups in total. The van der Waals surface area contributed by atoms with Crippen LogP contribution in [-0.4, -0.2) is 29.1 Å². The standard InChI is InChI=1S/C13H15FN2O4/c1-15(8-4-2-3-5-8)11-7-10(14)9(13(17)18)6-12(11)16(19)20/h6-8H,2-5H2,1H3,(H,17,18). The number of halogens is 1. The van der Waals surface area contributed by atoms with Crippen LogP contribution in [0.5, 0.6) is 0 Å². The van der Waals surface area contributed by atoms with E-state index in [0.717, 1.165) is 37.8 Å². The molecule has 1 aromatic carbocycles. The summed E-state index contributed by atoms with van der Waals surface area (Å²) >= 11 is 0. The second kappa shape index (κ2) is 5.44. The molecule has 1 aliphatic carbocycles. The predicted molar refractivity (Wildman–Crippen MR) is 70.7 cm³/mol. The van der Waals surface area contributed by atoms with Crippen LogP contribution in [0.15, 0.2) is 12.1 Å². The number of carboxylic acid groups (broad SMARTS) is 1. The number of aromatic carboxylic acids is 1. The molecule has 0 unspecified atom stereocenters. The van der Waals surface area contributed by atoms with Crippen LogP contribution in [0, 0.1) is 15.9 Å². The van der Waals surface area contributed by atoms with Gasteiger partial charge in [0.15, 0.2) is 0 Å². The van der Waals surface area contributed by atoms with Crippen molar-refractivity contribution in [1.29, 1.82) is 0 Å². The number of anilines is 1. The summed E-state index contributed by atoms with van der Waals surface area (Å²) < 4.78 is 13.8. The zero-order chi connectivity index (χ0) is 14.9. The van der Waals surface area contributed by atoms with E-state index in [0.29, 0.717) is 0 Å². The number of rotatable bonds is 4. The van der Waals surface area contributed by atoms with Crippen LogP contribution >= 0.6 is 0 Å². The van der Waals surface area contributed by atoms with Gasteiger partial charge in [-0.1, -0.05) is 12.8 Å². The Kier molecular flexibility index (Phi) is 3.87. The van der Waals surface area contributed by atoms with E-state index in [9.17, 15) is 19.3 Å². The molecular weight excluding hydrogens is 267 g/mol. The van der Waals surface area contributed by atoms with E-state index in [4.69, 9.17) is 5.11 Å². The van der Waals surface area contributed by atoms with Crippen LogP contribution in [0.4, 0.5) is 15.8 Å². The minimum absolute atomic E-state index is 0.128. The highest BCUT2D eigenvalue weighted by Crippen LogP contribution is 2.35. The first kappa shape index (κ1) is 14.2. The molecule has 1 aliphatic rings. The maximum absolute atomic E-state index is 13.8. The fourth-order valence-corrected chi connectivity index (χ4v) is 2.63. The van der Waals surface area contributed by atoms with Crippen molar-refractivity contribution in [3.8, 4) is 0 Å². The second-order valence-electron chi connectivity index (χ2n) is 4.93. The maximum atomic E-state index is 13.8. The molecular formula is C13H15FN2O4. The number of benzene rings is 1. The van der Waals surface area contributed by atoms with Crippen LogP contribution in [0.25, 0.3) is 0 Å². The molecule has 1 fully saturated rings. The zero-order valence-corrected chi connectivity index (χ0v) is 11.0. The van der Waals surface area contributed by atoms with Crippen molar-refractivity contribution >= 4 is 17.3 Å². The number of hydrogen-bond acceptors (Lipinski definition) is 4. The quantitative estimate of drug-likeness (QED) is 0.678. The summed E-state index contributed by atoms with van der Waals surface area (Å²) in [6.07, 6.45) is 3.88. The van der Waals surface area contributed by atoms with E-state index in [1.54, 1.807) is 11.9 Å². The minimum Gasteiger partial charge on any atom is -0.478 e. The molecule has 0 atom stereocenters. The highest BCUT2D eigenvalue weighted by molar-refractivity contribution is 5.90. The van der Waals surface area contributed by atoms with Crippen LogP contribution in [0.2, 0.25) is 0 Å². The highest BCUT2D eigenvalue weighted by Gasteiger charge is 2.28. The number of nitro benzene ring substituents is 1. The third-order valence-corrected chi connectivity index (χ3v) is 3.74. The first-order chi connectivity index (χ1) is 9.41. The number of carboxylic acids is 1. The molecule has 0 aliphatic heterocycles. The maximum Gasteiger partial charge on any atom is 0.338 e. The molecule has 1 aromatic rings. The summed E-state index contributed by atoms with van der Waals surface area (Å²) in [6.45, 7) is 0. The van der Waals surface area contributed by atoms with Crippen molar-refractivity contribution in [2.24, 2.45) is 0 Å². The van der Waals surface area contributed by atoms with Gasteiger partial charge in [0.05, 0.1) is 4.92 Å².